The van der Waals surface area contributed by atoms with Crippen LogP contribution in [0, 0.1) is 6.92 Å². The zero-order valence-electron chi connectivity index (χ0n) is 13.3. The summed E-state index contributed by atoms with van der Waals surface area (Å²) >= 11 is 3.20. The van der Waals surface area contributed by atoms with Gasteiger partial charge in [0.2, 0.25) is 0 Å². The first-order chi connectivity index (χ1) is 12.3. The van der Waals surface area contributed by atoms with Crippen LogP contribution in [0.15, 0.2) is 47.5 Å². The smallest absolute Gasteiger partial charge is 0.282 e. The van der Waals surface area contributed by atoms with Gasteiger partial charge in [0.15, 0.2) is 0 Å². The lowest BCUT2D eigenvalue weighted by Crippen LogP contribution is -2.27. The van der Waals surface area contributed by atoms with E-state index in [-0.39, 0.29) is 11.4 Å². The lowest BCUT2D eigenvalue weighted by molar-refractivity contribution is -0.137. The summed E-state index contributed by atoms with van der Waals surface area (Å²) in [5, 5.41) is 6.46. The van der Waals surface area contributed by atoms with Crippen molar-refractivity contribution >= 4 is 33.3 Å². The summed E-state index contributed by atoms with van der Waals surface area (Å²) in [6.45, 7) is 1.67. The Bertz CT molecular complexity index is 922. The third kappa shape index (κ3) is 3.59. The maximum absolute atomic E-state index is 13.0. The van der Waals surface area contributed by atoms with Crippen molar-refractivity contribution in [2.24, 2.45) is 0 Å². The number of aromatic nitrogens is 4. The number of hydrogen-bond acceptors (Lipinski definition) is 4. The van der Waals surface area contributed by atoms with E-state index < -0.39 is 17.6 Å². The molecule has 0 spiro atoms. The maximum Gasteiger partial charge on any atom is 0.417 e. The number of aromatic amines is 1. The van der Waals surface area contributed by atoms with Crippen LogP contribution in [-0.4, -0.2) is 26.1 Å². The van der Waals surface area contributed by atoms with Gasteiger partial charge < -0.3 is 0 Å². The SMILES string of the molecule is Cc1[nH]ncc1C(=O)N(c1ccc(Br)nc1)c1ccc(C(F)(F)F)cn1. The van der Waals surface area contributed by atoms with Crippen molar-refractivity contribution in [2.75, 3.05) is 4.90 Å². The van der Waals surface area contributed by atoms with Gasteiger partial charge in [-0.25, -0.2) is 9.97 Å². The third-order valence-corrected chi connectivity index (χ3v) is 4.01. The molecular weight excluding hydrogens is 415 g/mol. The Morgan fingerprint density at radius 3 is 2.38 bits per heavy atom. The molecular formula is C16H11BrF3N5O. The first-order valence-corrected chi connectivity index (χ1v) is 8.06. The summed E-state index contributed by atoms with van der Waals surface area (Å²) in [5.74, 6) is -0.458. The molecule has 1 amide bonds. The summed E-state index contributed by atoms with van der Waals surface area (Å²) in [4.78, 5) is 22.0. The number of halogens is 4. The van der Waals surface area contributed by atoms with Crippen molar-refractivity contribution in [1.82, 2.24) is 20.2 Å². The second kappa shape index (κ2) is 6.87. The Balaban J connectivity index is 2.07. The summed E-state index contributed by atoms with van der Waals surface area (Å²) < 4.78 is 38.9. The predicted octanol–water partition coefficient (Wildman–Crippen LogP) is 4.27. The Labute approximate surface area is 154 Å². The van der Waals surface area contributed by atoms with E-state index in [1.807, 2.05) is 0 Å². The fourth-order valence-electron chi connectivity index (χ4n) is 2.23. The molecule has 26 heavy (non-hydrogen) atoms. The van der Waals surface area contributed by atoms with Gasteiger partial charge in [0.1, 0.15) is 10.4 Å². The lowest BCUT2D eigenvalue weighted by Gasteiger charge is -2.22. The number of carbonyl (C=O) groups excluding carboxylic acids is 1. The number of pyridine rings is 2. The first-order valence-electron chi connectivity index (χ1n) is 7.26. The standard InChI is InChI=1S/C16H11BrF3N5O/c1-9-12(8-23-24-9)15(26)25(11-3-4-13(17)21-7-11)14-5-2-10(6-22-14)16(18,19)20/h2-8H,1H3,(H,23,24). The highest BCUT2D eigenvalue weighted by Crippen LogP contribution is 2.31. The molecule has 3 rings (SSSR count). The van der Waals surface area contributed by atoms with E-state index >= 15 is 0 Å². The van der Waals surface area contributed by atoms with Crippen LogP contribution in [-0.2, 0) is 6.18 Å². The molecule has 3 heterocycles. The molecule has 0 aromatic carbocycles. The average molecular weight is 426 g/mol. The minimum absolute atomic E-state index is 0.0349. The van der Waals surface area contributed by atoms with Crippen molar-refractivity contribution in [1.29, 1.82) is 0 Å². The van der Waals surface area contributed by atoms with Gasteiger partial charge in [-0.05, 0) is 47.1 Å². The van der Waals surface area contributed by atoms with E-state index in [9.17, 15) is 18.0 Å². The van der Waals surface area contributed by atoms with Crippen LogP contribution >= 0.6 is 15.9 Å². The van der Waals surface area contributed by atoms with Crippen LogP contribution in [0.2, 0.25) is 0 Å². The maximum atomic E-state index is 13.0. The van der Waals surface area contributed by atoms with Crippen molar-refractivity contribution in [2.45, 2.75) is 13.1 Å². The molecule has 6 nitrogen and oxygen atoms in total. The van der Waals surface area contributed by atoms with E-state index in [1.54, 1.807) is 19.1 Å². The number of nitrogens with one attached hydrogen (secondary N) is 1. The molecule has 3 aromatic rings. The molecule has 134 valence electrons. The molecule has 0 saturated carbocycles. The lowest BCUT2D eigenvalue weighted by atomic mass is 10.2. The summed E-state index contributed by atoms with van der Waals surface area (Å²) in [6, 6.07) is 5.22. The quantitative estimate of drug-likeness (QED) is 0.635. The van der Waals surface area contributed by atoms with E-state index in [2.05, 4.69) is 36.1 Å². The van der Waals surface area contributed by atoms with Gasteiger partial charge in [-0.15, -0.1) is 0 Å². The summed E-state index contributed by atoms with van der Waals surface area (Å²) in [7, 11) is 0. The van der Waals surface area contributed by atoms with Crippen LogP contribution < -0.4 is 4.90 Å². The van der Waals surface area contributed by atoms with Gasteiger partial charge in [0.05, 0.1) is 29.2 Å². The van der Waals surface area contributed by atoms with Gasteiger partial charge in [0.25, 0.3) is 5.91 Å². The highest BCUT2D eigenvalue weighted by atomic mass is 79.9. The molecule has 0 fully saturated rings. The second-order valence-corrected chi connectivity index (χ2v) is 6.10. The van der Waals surface area contributed by atoms with Crippen LogP contribution in [0.1, 0.15) is 21.6 Å². The number of nitrogens with zero attached hydrogens (tertiary/aromatic N) is 4. The van der Waals surface area contributed by atoms with Crippen molar-refractivity contribution < 1.29 is 18.0 Å². The number of amides is 1. The number of rotatable bonds is 3. The molecule has 1 N–H and O–H groups in total. The molecule has 0 atom stereocenters. The Hall–Kier alpha value is -2.75. The number of H-pyrrole nitrogens is 1. The van der Waals surface area contributed by atoms with Gasteiger partial charge >= 0.3 is 6.18 Å². The average Bonchev–Trinajstić information content (AvgIpc) is 3.02. The van der Waals surface area contributed by atoms with Gasteiger partial charge in [0, 0.05) is 11.9 Å². The predicted molar refractivity (Wildman–Crippen MR) is 91.0 cm³/mol. The van der Waals surface area contributed by atoms with Crippen LogP contribution in [0.4, 0.5) is 24.7 Å². The molecule has 0 bridgehead atoms. The molecule has 0 aliphatic heterocycles. The Morgan fingerprint density at radius 1 is 1.12 bits per heavy atom. The largest absolute Gasteiger partial charge is 0.417 e. The number of hydrogen-bond donors (Lipinski definition) is 1. The van der Waals surface area contributed by atoms with Gasteiger partial charge in [-0.2, -0.15) is 18.3 Å². The van der Waals surface area contributed by atoms with Gasteiger partial charge in [-0.3, -0.25) is 14.8 Å². The number of alkyl halides is 3. The molecule has 0 aliphatic rings. The fourth-order valence-corrected chi connectivity index (χ4v) is 2.46. The van der Waals surface area contributed by atoms with Gasteiger partial charge in [-0.1, -0.05) is 0 Å². The van der Waals surface area contributed by atoms with Crippen molar-refractivity contribution in [3.8, 4) is 0 Å². The monoisotopic (exact) mass is 425 g/mol. The van der Waals surface area contributed by atoms with E-state index in [0.29, 0.717) is 22.2 Å². The third-order valence-electron chi connectivity index (χ3n) is 3.54. The molecule has 10 heteroatoms. The van der Waals surface area contributed by atoms with E-state index in [4.69, 9.17) is 0 Å². The Morgan fingerprint density at radius 2 is 1.88 bits per heavy atom. The van der Waals surface area contributed by atoms with Crippen LogP contribution in [0.5, 0.6) is 0 Å². The molecule has 3 aromatic heterocycles. The number of carbonyl (C=O) groups is 1. The molecule has 0 unspecified atom stereocenters. The number of anilines is 2. The molecule has 0 radical (unpaired) electrons. The van der Waals surface area contributed by atoms with Crippen molar-refractivity contribution in [3.05, 3.63) is 64.3 Å². The zero-order chi connectivity index (χ0) is 18.9. The minimum Gasteiger partial charge on any atom is -0.282 e. The minimum atomic E-state index is -4.51. The highest BCUT2D eigenvalue weighted by molar-refractivity contribution is 9.10. The number of aryl methyl sites for hydroxylation is 1. The fraction of sp³-hybridized carbons (Fsp3) is 0.125. The van der Waals surface area contributed by atoms with Crippen LogP contribution in [0.3, 0.4) is 0 Å². The van der Waals surface area contributed by atoms with E-state index in [0.717, 1.165) is 12.1 Å². The normalized spacial score (nSPS) is 11.4. The topological polar surface area (TPSA) is 74.8 Å². The molecule has 0 saturated heterocycles. The second-order valence-electron chi connectivity index (χ2n) is 5.29. The zero-order valence-corrected chi connectivity index (χ0v) is 14.8. The Kier molecular flexibility index (Phi) is 4.77. The van der Waals surface area contributed by atoms with Crippen molar-refractivity contribution in [3.63, 3.8) is 0 Å². The summed E-state index contributed by atoms with van der Waals surface area (Å²) in [6.07, 6.45) is -1.07. The summed E-state index contributed by atoms with van der Waals surface area (Å²) in [5.41, 5.74) is 0.250. The highest BCUT2D eigenvalue weighted by Gasteiger charge is 2.31. The molecule has 0 aliphatic carbocycles. The first kappa shape index (κ1) is 18.1. The van der Waals surface area contributed by atoms with Crippen LogP contribution in [0.25, 0.3) is 0 Å². The van der Waals surface area contributed by atoms with E-state index in [1.165, 1.54) is 17.3 Å².